The second kappa shape index (κ2) is 6.69. The van der Waals surface area contributed by atoms with Crippen molar-refractivity contribution in [3.8, 4) is 0 Å². The first-order chi connectivity index (χ1) is 9.99. The molecule has 120 valence electrons. The lowest BCUT2D eigenvalue weighted by molar-refractivity contribution is -0.149. The van der Waals surface area contributed by atoms with Crippen LogP contribution in [0.1, 0.15) is 13.8 Å². The van der Waals surface area contributed by atoms with Crippen LogP contribution in [0, 0.1) is 0 Å². The van der Waals surface area contributed by atoms with Gasteiger partial charge < -0.3 is 18.9 Å². The standard InChI is InChI=1S/C13H22N2O6/c1-8-10(12(16)18-3)14(6-20-8)5-15-7-21-9(2)11(15)13(17)19-4/h8-11H,5-7H2,1-4H3/t8-,9-,10+,11+/m1/s1. The van der Waals surface area contributed by atoms with E-state index < -0.39 is 12.1 Å². The zero-order chi connectivity index (χ0) is 15.6. The van der Waals surface area contributed by atoms with Crippen molar-refractivity contribution < 1.29 is 28.5 Å². The van der Waals surface area contributed by atoms with Gasteiger partial charge in [-0.15, -0.1) is 0 Å². The van der Waals surface area contributed by atoms with E-state index in [1.54, 1.807) is 0 Å². The Hall–Kier alpha value is -1.22. The lowest BCUT2D eigenvalue weighted by Gasteiger charge is -2.29. The van der Waals surface area contributed by atoms with Crippen LogP contribution in [0.25, 0.3) is 0 Å². The van der Waals surface area contributed by atoms with Gasteiger partial charge in [-0.25, -0.2) is 0 Å². The minimum Gasteiger partial charge on any atom is -0.468 e. The Bertz CT molecular complexity index is 368. The molecular formula is C13H22N2O6. The van der Waals surface area contributed by atoms with Crippen molar-refractivity contribution in [1.29, 1.82) is 0 Å². The molecule has 0 aromatic carbocycles. The van der Waals surface area contributed by atoms with Crippen molar-refractivity contribution in [2.24, 2.45) is 0 Å². The molecular weight excluding hydrogens is 280 g/mol. The number of carbonyl (C=O) groups excluding carboxylic acids is 2. The molecule has 0 N–H and O–H groups in total. The van der Waals surface area contributed by atoms with Crippen LogP contribution < -0.4 is 0 Å². The zero-order valence-electron chi connectivity index (χ0n) is 12.8. The Balaban J connectivity index is 2.06. The molecule has 0 spiro atoms. The van der Waals surface area contributed by atoms with Crippen LogP contribution >= 0.6 is 0 Å². The topological polar surface area (TPSA) is 77.5 Å². The Morgan fingerprint density at radius 3 is 1.67 bits per heavy atom. The molecule has 2 aliphatic rings. The van der Waals surface area contributed by atoms with E-state index in [4.69, 9.17) is 18.9 Å². The number of esters is 2. The van der Waals surface area contributed by atoms with Crippen LogP contribution in [0.2, 0.25) is 0 Å². The largest absolute Gasteiger partial charge is 0.468 e. The molecule has 21 heavy (non-hydrogen) atoms. The molecule has 0 unspecified atom stereocenters. The van der Waals surface area contributed by atoms with Gasteiger partial charge in [0.1, 0.15) is 25.5 Å². The predicted octanol–water partition coefficient (Wildman–Crippen LogP) is -0.616. The summed E-state index contributed by atoms with van der Waals surface area (Å²) >= 11 is 0. The summed E-state index contributed by atoms with van der Waals surface area (Å²) in [5.74, 6) is -0.689. The summed E-state index contributed by atoms with van der Waals surface area (Å²) < 4.78 is 20.6. The van der Waals surface area contributed by atoms with Crippen LogP contribution in [0.15, 0.2) is 0 Å². The fourth-order valence-corrected chi connectivity index (χ4v) is 2.78. The van der Waals surface area contributed by atoms with Gasteiger partial charge in [-0.2, -0.15) is 0 Å². The molecule has 0 amide bonds. The highest BCUT2D eigenvalue weighted by Crippen LogP contribution is 2.23. The lowest BCUT2D eigenvalue weighted by atomic mass is 10.1. The highest BCUT2D eigenvalue weighted by Gasteiger charge is 2.44. The molecule has 2 saturated heterocycles. The van der Waals surface area contributed by atoms with E-state index in [1.807, 2.05) is 23.6 Å². The first kappa shape index (κ1) is 16.2. The maximum Gasteiger partial charge on any atom is 0.325 e. The van der Waals surface area contributed by atoms with Crippen molar-refractivity contribution in [2.75, 3.05) is 34.3 Å². The molecule has 0 aliphatic carbocycles. The van der Waals surface area contributed by atoms with Gasteiger partial charge in [0.25, 0.3) is 0 Å². The molecule has 4 atom stereocenters. The second-order valence-electron chi connectivity index (χ2n) is 5.26. The van der Waals surface area contributed by atoms with Gasteiger partial charge in [0.05, 0.1) is 33.1 Å². The smallest absolute Gasteiger partial charge is 0.325 e. The first-order valence-corrected chi connectivity index (χ1v) is 6.86. The number of nitrogens with zero attached hydrogens (tertiary/aromatic N) is 2. The fraction of sp³-hybridized carbons (Fsp3) is 0.846. The van der Waals surface area contributed by atoms with Crippen LogP contribution in [-0.4, -0.2) is 80.4 Å². The summed E-state index contributed by atoms with van der Waals surface area (Å²) in [5, 5.41) is 0. The summed E-state index contributed by atoms with van der Waals surface area (Å²) in [6, 6.07) is -0.964. The van der Waals surface area contributed by atoms with E-state index in [2.05, 4.69) is 0 Å². The van der Waals surface area contributed by atoms with Gasteiger partial charge in [0.15, 0.2) is 0 Å². The summed E-state index contributed by atoms with van der Waals surface area (Å²) in [5.41, 5.74) is 0. The van der Waals surface area contributed by atoms with Gasteiger partial charge >= 0.3 is 11.9 Å². The maximum absolute atomic E-state index is 11.9. The zero-order valence-corrected chi connectivity index (χ0v) is 12.8. The lowest BCUT2D eigenvalue weighted by Crippen LogP contribution is -2.51. The first-order valence-electron chi connectivity index (χ1n) is 6.86. The highest BCUT2D eigenvalue weighted by molar-refractivity contribution is 5.77. The average Bonchev–Trinajstić information content (AvgIpc) is 3.01. The third-order valence-corrected chi connectivity index (χ3v) is 3.93. The van der Waals surface area contributed by atoms with E-state index in [0.717, 1.165) is 0 Å². The quantitative estimate of drug-likeness (QED) is 0.636. The van der Waals surface area contributed by atoms with Crippen LogP contribution in [0.4, 0.5) is 0 Å². The Morgan fingerprint density at radius 2 is 1.33 bits per heavy atom. The molecule has 2 rings (SSSR count). The third kappa shape index (κ3) is 3.18. The van der Waals surface area contributed by atoms with E-state index in [0.29, 0.717) is 20.1 Å². The van der Waals surface area contributed by atoms with E-state index in [1.165, 1.54) is 14.2 Å². The van der Waals surface area contributed by atoms with Crippen molar-refractivity contribution >= 4 is 11.9 Å². The molecule has 0 aromatic rings. The molecule has 8 nitrogen and oxygen atoms in total. The Labute approximate surface area is 123 Å². The molecule has 0 radical (unpaired) electrons. The van der Waals surface area contributed by atoms with Crippen LogP contribution in [0.5, 0.6) is 0 Å². The van der Waals surface area contributed by atoms with E-state index >= 15 is 0 Å². The number of hydrogen-bond donors (Lipinski definition) is 0. The van der Waals surface area contributed by atoms with E-state index in [9.17, 15) is 9.59 Å². The van der Waals surface area contributed by atoms with E-state index in [-0.39, 0.29) is 24.1 Å². The van der Waals surface area contributed by atoms with Crippen molar-refractivity contribution in [1.82, 2.24) is 9.80 Å². The van der Waals surface area contributed by atoms with Crippen molar-refractivity contribution in [3.05, 3.63) is 0 Å². The SMILES string of the molecule is COC(=O)[C@@H]1[C@@H](C)OCN1CN1CO[C@H](C)[C@H]1C(=O)OC. The van der Waals surface area contributed by atoms with Gasteiger partial charge in [-0.1, -0.05) is 0 Å². The minimum absolute atomic E-state index is 0.255. The Kier molecular flexibility index (Phi) is 5.15. The average molecular weight is 302 g/mol. The number of carbonyl (C=O) groups is 2. The predicted molar refractivity (Wildman–Crippen MR) is 71.0 cm³/mol. The fourth-order valence-electron chi connectivity index (χ4n) is 2.78. The molecule has 0 bridgehead atoms. The number of ether oxygens (including phenoxy) is 4. The minimum atomic E-state index is -0.482. The molecule has 8 heteroatoms. The molecule has 2 heterocycles. The summed E-state index contributed by atoms with van der Waals surface area (Å²) in [6.07, 6.45) is -0.509. The molecule has 0 aromatic heterocycles. The third-order valence-electron chi connectivity index (χ3n) is 3.93. The molecule has 2 aliphatic heterocycles. The van der Waals surface area contributed by atoms with Gasteiger partial charge in [-0.05, 0) is 13.8 Å². The summed E-state index contributed by atoms with van der Waals surface area (Å²) in [4.78, 5) is 27.4. The summed E-state index contributed by atoms with van der Waals surface area (Å²) in [6.45, 7) is 4.62. The van der Waals surface area contributed by atoms with Gasteiger partial charge in [0, 0.05) is 0 Å². The normalized spacial score (nSPS) is 34.1. The Morgan fingerprint density at radius 1 is 0.952 bits per heavy atom. The monoisotopic (exact) mass is 302 g/mol. The maximum atomic E-state index is 11.9. The highest BCUT2D eigenvalue weighted by atomic mass is 16.6. The molecule has 2 fully saturated rings. The molecule has 0 saturated carbocycles. The van der Waals surface area contributed by atoms with Crippen LogP contribution in [-0.2, 0) is 28.5 Å². The number of rotatable bonds is 4. The summed E-state index contributed by atoms with van der Waals surface area (Å²) in [7, 11) is 2.70. The second-order valence-corrected chi connectivity index (χ2v) is 5.26. The van der Waals surface area contributed by atoms with Crippen molar-refractivity contribution in [2.45, 2.75) is 38.1 Å². The van der Waals surface area contributed by atoms with Crippen molar-refractivity contribution in [3.63, 3.8) is 0 Å². The van der Waals surface area contributed by atoms with Gasteiger partial charge in [0.2, 0.25) is 0 Å². The van der Waals surface area contributed by atoms with Crippen LogP contribution in [0.3, 0.4) is 0 Å². The number of hydrogen-bond acceptors (Lipinski definition) is 8. The van der Waals surface area contributed by atoms with Gasteiger partial charge in [-0.3, -0.25) is 19.4 Å². The number of methoxy groups -OCH3 is 2.